The molecule has 178 valence electrons. The van der Waals surface area contributed by atoms with E-state index in [1.807, 2.05) is 4.90 Å². The molecule has 32 heavy (non-hydrogen) atoms. The van der Waals surface area contributed by atoms with E-state index in [1.165, 1.54) is 17.8 Å². The van der Waals surface area contributed by atoms with Gasteiger partial charge in [0, 0.05) is 24.1 Å². The highest BCUT2D eigenvalue weighted by Crippen LogP contribution is 2.47. The molecule has 1 amide bonds. The van der Waals surface area contributed by atoms with Crippen molar-refractivity contribution < 1.29 is 19.4 Å². The van der Waals surface area contributed by atoms with Crippen LogP contribution in [-0.2, 0) is 9.53 Å². The zero-order chi connectivity index (χ0) is 23.0. The number of thiazole rings is 1. The molecule has 2 atom stereocenters. The third-order valence-electron chi connectivity index (χ3n) is 6.83. The minimum atomic E-state index is -0.365. The van der Waals surface area contributed by atoms with Gasteiger partial charge in [0.25, 0.3) is 0 Å². The van der Waals surface area contributed by atoms with Gasteiger partial charge in [-0.05, 0) is 43.9 Å². The van der Waals surface area contributed by atoms with Crippen molar-refractivity contribution in [2.45, 2.75) is 88.1 Å². The van der Waals surface area contributed by atoms with Crippen molar-refractivity contribution in [1.82, 2.24) is 9.88 Å². The molecule has 1 saturated heterocycles. The van der Waals surface area contributed by atoms with Gasteiger partial charge in [0.15, 0.2) is 10.0 Å². The van der Waals surface area contributed by atoms with E-state index < -0.39 is 0 Å². The molecular formula is C24H36N2O4S2. The van der Waals surface area contributed by atoms with Crippen LogP contribution < -0.4 is 0 Å². The number of hydrogen-bond acceptors (Lipinski definition) is 7. The molecule has 0 aromatic carbocycles. The number of likely N-dealkylation sites (tertiary alicyclic amines) is 1. The molecule has 0 bridgehead atoms. The molecule has 1 aromatic heterocycles. The van der Waals surface area contributed by atoms with E-state index in [-0.39, 0.29) is 29.4 Å². The number of aliphatic hydroxyl groups excluding tert-OH is 1. The Bertz CT molecular complexity index is 785. The number of carbonyl (C=O) groups excluding carboxylic acids is 2. The molecule has 2 fully saturated rings. The lowest BCUT2D eigenvalue weighted by Crippen LogP contribution is -2.40. The number of aromatic nitrogens is 1. The lowest BCUT2D eigenvalue weighted by Gasteiger charge is -2.45. The molecule has 1 aliphatic carbocycles. The zero-order valence-electron chi connectivity index (χ0n) is 19.3. The zero-order valence-corrected chi connectivity index (χ0v) is 20.9. The van der Waals surface area contributed by atoms with Crippen molar-refractivity contribution in [1.29, 1.82) is 0 Å². The Morgan fingerprint density at radius 3 is 2.97 bits per heavy atom. The molecule has 6 nitrogen and oxygen atoms in total. The van der Waals surface area contributed by atoms with E-state index >= 15 is 0 Å². The average molecular weight is 481 g/mol. The maximum Gasteiger partial charge on any atom is 0.357 e. The van der Waals surface area contributed by atoms with Gasteiger partial charge < -0.3 is 14.7 Å². The lowest BCUT2D eigenvalue weighted by atomic mass is 9.63. The number of rotatable bonds is 13. The summed E-state index contributed by atoms with van der Waals surface area (Å²) in [6.07, 6.45) is 12.3. The van der Waals surface area contributed by atoms with Crippen LogP contribution in [0.5, 0.6) is 0 Å². The molecule has 1 aliphatic heterocycles. The molecular weight excluding hydrogens is 444 g/mol. The van der Waals surface area contributed by atoms with Crippen molar-refractivity contribution in [3.63, 3.8) is 0 Å². The quantitative estimate of drug-likeness (QED) is 0.184. The van der Waals surface area contributed by atoms with Crippen LogP contribution in [0.1, 0.15) is 82.1 Å². The van der Waals surface area contributed by atoms with Crippen LogP contribution >= 0.6 is 23.1 Å². The highest BCUT2D eigenvalue weighted by Gasteiger charge is 2.41. The van der Waals surface area contributed by atoms with Gasteiger partial charge in [-0.1, -0.05) is 50.6 Å². The second-order valence-electron chi connectivity index (χ2n) is 8.78. The Morgan fingerprint density at radius 2 is 2.28 bits per heavy atom. The third kappa shape index (κ3) is 6.35. The highest BCUT2D eigenvalue weighted by atomic mass is 32.2. The van der Waals surface area contributed by atoms with Gasteiger partial charge in [0.2, 0.25) is 5.91 Å². The van der Waals surface area contributed by atoms with Gasteiger partial charge in [0.05, 0.1) is 18.8 Å². The number of nitrogens with zero attached hydrogens (tertiary/aromatic N) is 2. The largest absolute Gasteiger partial charge is 0.461 e. The first kappa shape index (κ1) is 25.2. The Balaban J connectivity index is 1.43. The normalized spacial score (nSPS) is 21.2. The standard InChI is InChI=1S/C24H36N2O4S2/c1-3-5-15-30-22(29)19-17-32-23(25-19)31-16-14-26-18(10-11-21(26)28)8-6-9-20(27)24(4-2)12-7-13-24/h6,8,17-18,20,27H,3-5,7,9-16H2,1-2H3/b8-6+/t18-,20-/m0/s1. The van der Waals surface area contributed by atoms with Crippen LogP contribution in [0.2, 0.25) is 0 Å². The maximum absolute atomic E-state index is 12.4. The lowest BCUT2D eigenvalue weighted by molar-refractivity contribution is -0.128. The van der Waals surface area contributed by atoms with Gasteiger partial charge in [-0.2, -0.15) is 0 Å². The second-order valence-corrected chi connectivity index (χ2v) is 11.0. The summed E-state index contributed by atoms with van der Waals surface area (Å²) in [4.78, 5) is 30.7. The van der Waals surface area contributed by atoms with Crippen LogP contribution in [0.3, 0.4) is 0 Å². The van der Waals surface area contributed by atoms with Crippen molar-refractivity contribution in [3.05, 3.63) is 23.2 Å². The highest BCUT2D eigenvalue weighted by molar-refractivity contribution is 8.01. The minimum absolute atomic E-state index is 0.106. The fourth-order valence-electron chi connectivity index (χ4n) is 4.45. The molecule has 2 heterocycles. The van der Waals surface area contributed by atoms with E-state index in [4.69, 9.17) is 4.74 Å². The summed E-state index contributed by atoms with van der Waals surface area (Å²) in [5.41, 5.74) is 0.475. The molecule has 1 saturated carbocycles. The van der Waals surface area contributed by atoms with Gasteiger partial charge in [0.1, 0.15) is 0 Å². The Labute approximate surface area is 199 Å². The number of thioether (sulfide) groups is 1. The molecule has 1 N–H and O–H groups in total. The number of ether oxygens (including phenoxy) is 1. The minimum Gasteiger partial charge on any atom is -0.461 e. The smallest absolute Gasteiger partial charge is 0.357 e. The van der Waals surface area contributed by atoms with E-state index in [0.29, 0.717) is 31.7 Å². The predicted molar refractivity (Wildman–Crippen MR) is 129 cm³/mol. The number of carbonyl (C=O) groups is 2. The van der Waals surface area contributed by atoms with Crippen LogP contribution in [0, 0.1) is 5.41 Å². The number of unbranched alkanes of at least 4 members (excludes halogenated alkanes) is 1. The van der Waals surface area contributed by atoms with Crippen LogP contribution in [-0.4, -0.2) is 57.9 Å². The first-order valence-electron chi connectivity index (χ1n) is 11.9. The SMILES string of the molecule is CCCCOC(=O)c1csc(SCCN2C(=O)CC[C@@H]2/C=C/C[C@H](O)C2(CC)CCC2)n1. The van der Waals surface area contributed by atoms with Crippen molar-refractivity contribution in [2.24, 2.45) is 5.41 Å². The molecule has 1 aromatic rings. The maximum atomic E-state index is 12.4. The third-order valence-corrected chi connectivity index (χ3v) is 8.83. The first-order chi connectivity index (χ1) is 15.5. The van der Waals surface area contributed by atoms with Crippen molar-refractivity contribution >= 4 is 35.0 Å². The summed E-state index contributed by atoms with van der Waals surface area (Å²) in [5.74, 6) is 0.551. The monoisotopic (exact) mass is 480 g/mol. The van der Waals surface area contributed by atoms with Gasteiger partial charge in [-0.25, -0.2) is 9.78 Å². The Morgan fingerprint density at radius 1 is 1.47 bits per heavy atom. The molecule has 0 unspecified atom stereocenters. The van der Waals surface area contributed by atoms with Gasteiger partial charge in [-0.3, -0.25) is 4.79 Å². The molecule has 3 rings (SSSR count). The predicted octanol–water partition coefficient (Wildman–Crippen LogP) is 5.07. The fraction of sp³-hybridized carbons (Fsp3) is 0.708. The average Bonchev–Trinajstić information content (AvgIpc) is 3.35. The number of hydrogen-bond donors (Lipinski definition) is 1. The Hall–Kier alpha value is -1.38. The topological polar surface area (TPSA) is 79.7 Å². The first-order valence-corrected chi connectivity index (χ1v) is 13.7. The van der Waals surface area contributed by atoms with Crippen LogP contribution in [0.15, 0.2) is 21.9 Å². The van der Waals surface area contributed by atoms with Gasteiger partial charge >= 0.3 is 5.97 Å². The summed E-state index contributed by atoms with van der Waals surface area (Å²) < 4.78 is 6.03. The summed E-state index contributed by atoms with van der Waals surface area (Å²) in [6, 6.07) is 0.106. The van der Waals surface area contributed by atoms with Gasteiger partial charge in [-0.15, -0.1) is 11.3 Å². The molecule has 8 heteroatoms. The number of amides is 1. The van der Waals surface area contributed by atoms with E-state index in [9.17, 15) is 14.7 Å². The number of esters is 1. The number of aliphatic hydroxyl groups is 1. The van der Waals surface area contributed by atoms with E-state index in [1.54, 1.807) is 17.1 Å². The summed E-state index contributed by atoms with van der Waals surface area (Å²) >= 11 is 3.00. The molecule has 0 radical (unpaired) electrons. The molecule has 0 spiro atoms. The van der Waals surface area contributed by atoms with Crippen LogP contribution in [0.4, 0.5) is 0 Å². The second kappa shape index (κ2) is 12.2. The summed E-state index contributed by atoms with van der Waals surface area (Å²) in [6.45, 7) is 5.30. The molecule has 2 aliphatic rings. The van der Waals surface area contributed by atoms with E-state index in [2.05, 4.69) is 31.0 Å². The van der Waals surface area contributed by atoms with Crippen molar-refractivity contribution in [3.8, 4) is 0 Å². The van der Waals surface area contributed by atoms with Crippen LogP contribution in [0.25, 0.3) is 0 Å². The Kier molecular flexibility index (Phi) is 9.61. The van der Waals surface area contributed by atoms with E-state index in [0.717, 1.165) is 48.6 Å². The summed E-state index contributed by atoms with van der Waals surface area (Å²) in [5, 5.41) is 12.3. The van der Waals surface area contributed by atoms with Crippen molar-refractivity contribution in [2.75, 3.05) is 18.9 Å². The fourth-order valence-corrected chi connectivity index (χ4v) is 6.25. The summed E-state index contributed by atoms with van der Waals surface area (Å²) in [7, 11) is 0.